The molecule has 0 saturated heterocycles. The second kappa shape index (κ2) is 14.8. The second-order valence-electron chi connectivity index (χ2n) is 13.3. The standard InChI is InChI=1S/C34H56O3S/c1-3-4-5-10-13-22-38(37)23-14-11-8-6-7-9-12-15-26-24-27-25-28(35)16-17-29(27)30-20-21-34(2)31(33(26)30)18-19-32(34)36/h16-17,25-26,30-33,35-36H,3-15,18-24H2,1-2H3/t26-,30-,31+,32+,33-,34+,38?/m1/s1. The van der Waals surface area contributed by atoms with Crippen molar-refractivity contribution in [2.75, 3.05) is 11.5 Å². The number of aliphatic hydroxyl groups is 1. The molecule has 4 heteroatoms. The van der Waals surface area contributed by atoms with Gasteiger partial charge < -0.3 is 14.8 Å². The first-order valence-corrected chi connectivity index (χ1v) is 17.8. The van der Waals surface area contributed by atoms with Crippen LogP contribution in [0, 0.1) is 23.2 Å². The van der Waals surface area contributed by atoms with Gasteiger partial charge in [0.1, 0.15) is 17.3 Å². The molecule has 0 spiro atoms. The minimum Gasteiger partial charge on any atom is -0.616 e. The first kappa shape index (κ1) is 30.3. The molecule has 2 fully saturated rings. The van der Waals surface area contributed by atoms with Crippen LogP contribution in [0.5, 0.6) is 5.75 Å². The fourth-order valence-corrected chi connectivity index (χ4v) is 9.81. The molecule has 0 radical (unpaired) electrons. The monoisotopic (exact) mass is 544 g/mol. The number of unbranched alkanes of at least 4 members (excludes halogenated alkanes) is 10. The molecule has 0 bridgehead atoms. The van der Waals surface area contributed by atoms with Gasteiger partial charge in [0.25, 0.3) is 0 Å². The van der Waals surface area contributed by atoms with Crippen molar-refractivity contribution in [1.29, 1.82) is 0 Å². The number of aromatic hydroxyl groups is 1. The van der Waals surface area contributed by atoms with Crippen LogP contribution in [-0.4, -0.2) is 32.4 Å². The third kappa shape index (κ3) is 7.52. The Kier molecular flexibility index (Phi) is 11.8. The van der Waals surface area contributed by atoms with Crippen LogP contribution in [0.15, 0.2) is 18.2 Å². The van der Waals surface area contributed by atoms with Crippen molar-refractivity contribution in [3.63, 3.8) is 0 Å². The number of rotatable bonds is 16. The van der Waals surface area contributed by atoms with Gasteiger partial charge in [-0.3, -0.25) is 0 Å². The molecule has 38 heavy (non-hydrogen) atoms. The Balaban J connectivity index is 1.17. The summed E-state index contributed by atoms with van der Waals surface area (Å²) < 4.78 is 12.2. The highest BCUT2D eigenvalue weighted by molar-refractivity contribution is 7.91. The highest BCUT2D eigenvalue weighted by Crippen LogP contribution is 2.62. The van der Waals surface area contributed by atoms with E-state index in [1.807, 2.05) is 12.1 Å². The molecule has 3 nitrogen and oxygen atoms in total. The van der Waals surface area contributed by atoms with Gasteiger partial charge in [0.2, 0.25) is 0 Å². The smallest absolute Gasteiger partial charge is 0.115 e. The molecular weight excluding hydrogens is 488 g/mol. The van der Waals surface area contributed by atoms with Crippen LogP contribution in [-0.2, 0) is 17.6 Å². The van der Waals surface area contributed by atoms with E-state index in [0.29, 0.717) is 29.4 Å². The predicted octanol–water partition coefficient (Wildman–Crippen LogP) is 8.68. The Morgan fingerprint density at radius 3 is 2.26 bits per heavy atom. The number of fused-ring (bicyclic) bond motifs is 5. The molecule has 4 rings (SSSR count). The van der Waals surface area contributed by atoms with E-state index in [-0.39, 0.29) is 11.5 Å². The maximum absolute atomic E-state index is 12.2. The van der Waals surface area contributed by atoms with E-state index in [9.17, 15) is 14.8 Å². The first-order chi connectivity index (χ1) is 18.4. The molecular formula is C34H56O3S. The van der Waals surface area contributed by atoms with Gasteiger partial charge in [0.05, 0.1) is 6.10 Å². The average molecular weight is 545 g/mol. The van der Waals surface area contributed by atoms with Crippen LogP contribution < -0.4 is 0 Å². The SMILES string of the molecule is CCCCCCC[S+]([O-])CCCCCCCCC[C@@H]1Cc2cc(O)ccc2[C@H]2CC[C@]3(C)[C@@H](O)CC[C@H]3[C@H]12. The maximum Gasteiger partial charge on any atom is 0.115 e. The number of phenols is 1. The van der Waals surface area contributed by atoms with Gasteiger partial charge in [-0.15, -0.1) is 0 Å². The van der Waals surface area contributed by atoms with E-state index in [1.54, 1.807) is 0 Å². The van der Waals surface area contributed by atoms with E-state index in [1.165, 1.54) is 94.6 Å². The van der Waals surface area contributed by atoms with E-state index in [2.05, 4.69) is 19.9 Å². The van der Waals surface area contributed by atoms with Crippen molar-refractivity contribution in [1.82, 2.24) is 0 Å². The Bertz CT molecular complexity index is 843. The van der Waals surface area contributed by atoms with Gasteiger partial charge in [-0.2, -0.15) is 0 Å². The lowest BCUT2D eigenvalue weighted by molar-refractivity contribution is -0.0396. The molecule has 216 valence electrons. The molecule has 0 aliphatic heterocycles. The topological polar surface area (TPSA) is 63.5 Å². The third-order valence-corrected chi connectivity index (χ3v) is 12.2. The average Bonchev–Trinajstić information content (AvgIpc) is 3.21. The Labute approximate surface area is 236 Å². The summed E-state index contributed by atoms with van der Waals surface area (Å²) in [5.41, 5.74) is 2.98. The lowest BCUT2D eigenvalue weighted by Crippen LogP contribution is -2.47. The Morgan fingerprint density at radius 2 is 1.55 bits per heavy atom. The van der Waals surface area contributed by atoms with Crippen molar-refractivity contribution in [3.8, 4) is 5.75 Å². The normalized spacial score (nSPS) is 31.0. The predicted molar refractivity (Wildman–Crippen MR) is 161 cm³/mol. The minimum absolute atomic E-state index is 0.104. The largest absolute Gasteiger partial charge is 0.616 e. The van der Waals surface area contributed by atoms with Gasteiger partial charge in [-0.05, 0) is 117 Å². The fraction of sp³-hybridized carbons (Fsp3) is 0.824. The Morgan fingerprint density at radius 1 is 0.895 bits per heavy atom. The summed E-state index contributed by atoms with van der Waals surface area (Å²) in [6.45, 7) is 4.61. The molecule has 0 amide bonds. The number of hydrogen-bond donors (Lipinski definition) is 2. The Hall–Kier alpha value is -0.710. The lowest BCUT2D eigenvalue weighted by Gasteiger charge is -2.53. The first-order valence-electron chi connectivity index (χ1n) is 16.3. The molecule has 0 heterocycles. The lowest BCUT2D eigenvalue weighted by atomic mass is 9.52. The molecule has 0 aromatic heterocycles. The number of hydrogen-bond acceptors (Lipinski definition) is 3. The van der Waals surface area contributed by atoms with Crippen molar-refractivity contribution < 1.29 is 14.8 Å². The van der Waals surface area contributed by atoms with Gasteiger partial charge in [0.15, 0.2) is 0 Å². The van der Waals surface area contributed by atoms with Gasteiger partial charge in [0, 0.05) is 0 Å². The number of aliphatic hydroxyl groups excluding tert-OH is 1. The van der Waals surface area contributed by atoms with Gasteiger partial charge >= 0.3 is 0 Å². The molecule has 2 saturated carbocycles. The van der Waals surface area contributed by atoms with Crippen LogP contribution in [0.2, 0.25) is 0 Å². The summed E-state index contributed by atoms with van der Waals surface area (Å²) in [6, 6.07) is 6.13. The summed E-state index contributed by atoms with van der Waals surface area (Å²) in [4.78, 5) is 0. The van der Waals surface area contributed by atoms with Crippen molar-refractivity contribution >= 4 is 11.2 Å². The molecule has 2 N–H and O–H groups in total. The molecule has 3 aliphatic carbocycles. The zero-order valence-corrected chi connectivity index (χ0v) is 25.3. The van der Waals surface area contributed by atoms with Crippen LogP contribution in [0.1, 0.15) is 140 Å². The van der Waals surface area contributed by atoms with Crippen molar-refractivity contribution in [2.45, 2.75) is 141 Å². The molecule has 1 aromatic carbocycles. The van der Waals surface area contributed by atoms with Gasteiger partial charge in [-0.25, -0.2) is 0 Å². The zero-order chi connectivity index (χ0) is 27.0. The maximum atomic E-state index is 12.2. The van der Waals surface area contributed by atoms with Crippen LogP contribution in [0.4, 0.5) is 0 Å². The third-order valence-electron chi connectivity index (χ3n) is 10.8. The van der Waals surface area contributed by atoms with E-state index >= 15 is 0 Å². The molecule has 1 aromatic rings. The van der Waals surface area contributed by atoms with Crippen LogP contribution >= 0.6 is 0 Å². The van der Waals surface area contributed by atoms with Crippen molar-refractivity contribution in [2.24, 2.45) is 23.2 Å². The van der Waals surface area contributed by atoms with E-state index < -0.39 is 11.2 Å². The summed E-state index contributed by atoms with van der Waals surface area (Å²) in [7, 11) is 0. The number of phenolic OH excluding ortho intramolecular Hbond substituents is 1. The van der Waals surface area contributed by atoms with Crippen LogP contribution in [0.25, 0.3) is 0 Å². The van der Waals surface area contributed by atoms with E-state index in [0.717, 1.165) is 43.6 Å². The van der Waals surface area contributed by atoms with Crippen LogP contribution in [0.3, 0.4) is 0 Å². The molecule has 7 atom stereocenters. The van der Waals surface area contributed by atoms with Crippen molar-refractivity contribution in [3.05, 3.63) is 29.3 Å². The van der Waals surface area contributed by atoms with Gasteiger partial charge in [-0.1, -0.05) is 82.5 Å². The van der Waals surface area contributed by atoms with E-state index in [4.69, 9.17) is 0 Å². The highest BCUT2D eigenvalue weighted by atomic mass is 32.2. The number of benzene rings is 1. The summed E-state index contributed by atoms with van der Waals surface area (Å²) in [6.07, 6.45) is 21.9. The molecule has 3 aliphatic rings. The minimum atomic E-state index is -0.598. The fourth-order valence-electron chi connectivity index (χ4n) is 8.55. The zero-order valence-electron chi connectivity index (χ0n) is 24.5. The summed E-state index contributed by atoms with van der Waals surface area (Å²) in [5.74, 6) is 4.85. The summed E-state index contributed by atoms with van der Waals surface area (Å²) in [5, 5.41) is 21.1. The highest BCUT2D eigenvalue weighted by Gasteiger charge is 2.56. The summed E-state index contributed by atoms with van der Waals surface area (Å²) >= 11 is -0.598. The quantitative estimate of drug-likeness (QED) is 0.162. The molecule has 1 unspecified atom stereocenters. The second-order valence-corrected chi connectivity index (χ2v) is 15.0.